The van der Waals surface area contributed by atoms with Crippen molar-refractivity contribution in [3.8, 4) is 0 Å². The molecule has 0 bridgehead atoms. The van der Waals surface area contributed by atoms with Gasteiger partial charge in [-0.1, -0.05) is 54.1 Å². The molecule has 5 rings (SSSR count). The van der Waals surface area contributed by atoms with Crippen LogP contribution in [0.1, 0.15) is 28.8 Å². The summed E-state index contributed by atoms with van der Waals surface area (Å²) < 4.78 is 0. The summed E-state index contributed by atoms with van der Waals surface area (Å²) in [5, 5.41) is 3.93. The first-order valence-corrected chi connectivity index (χ1v) is 13.4. The van der Waals surface area contributed by atoms with Gasteiger partial charge in [0, 0.05) is 61.7 Å². The summed E-state index contributed by atoms with van der Waals surface area (Å²) in [6.45, 7) is 4.58. The van der Waals surface area contributed by atoms with Crippen molar-refractivity contribution >= 4 is 34.8 Å². The summed E-state index contributed by atoms with van der Waals surface area (Å²) >= 11 is 6.03. The number of hydrogen-bond donors (Lipinski definition) is 1. The van der Waals surface area contributed by atoms with Crippen molar-refractivity contribution in [1.29, 1.82) is 0 Å². The highest BCUT2D eigenvalue weighted by molar-refractivity contribution is 6.30. The molecule has 3 aromatic rings. The van der Waals surface area contributed by atoms with Gasteiger partial charge >= 0.3 is 0 Å². The summed E-state index contributed by atoms with van der Waals surface area (Å²) in [6, 6.07) is 25.8. The lowest BCUT2D eigenvalue weighted by Gasteiger charge is -2.38. The molecule has 0 aliphatic carbocycles. The van der Waals surface area contributed by atoms with Crippen LogP contribution in [0.5, 0.6) is 0 Å². The zero-order chi connectivity index (χ0) is 25.6. The third-order valence-corrected chi connectivity index (χ3v) is 7.55. The number of carbonyl (C=O) groups is 2. The summed E-state index contributed by atoms with van der Waals surface area (Å²) in [6.07, 6.45) is 2.13. The zero-order valence-electron chi connectivity index (χ0n) is 21.0. The molecule has 2 saturated heterocycles. The molecule has 0 saturated carbocycles. The van der Waals surface area contributed by atoms with Crippen LogP contribution in [0, 0.1) is 0 Å². The maximum absolute atomic E-state index is 13.5. The molecule has 1 N–H and O–H groups in total. The molecule has 2 aliphatic heterocycles. The molecule has 2 fully saturated rings. The number of piperazine rings is 1. The van der Waals surface area contributed by atoms with Crippen LogP contribution in [-0.4, -0.2) is 62.0 Å². The van der Waals surface area contributed by atoms with Gasteiger partial charge in [0.25, 0.3) is 5.91 Å². The van der Waals surface area contributed by atoms with Crippen molar-refractivity contribution in [2.75, 3.05) is 49.1 Å². The highest BCUT2D eigenvalue weighted by atomic mass is 35.5. The highest BCUT2D eigenvalue weighted by Crippen LogP contribution is 2.27. The van der Waals surface area contributed by atoms with E-state index >= 15 is 0 Å². The van der Waals surface area contributed by atoms with Crippen LogP contribution in [-0.2, 0) is 11.2 Å². The largest absolute Gasteiger partial charge is 0.371 e. The van der Waals surface area contributed by atoms with Crippen molar-refractivity contribution in [2.24, 2.45) is 0 Å². The van der Waals surface area contributed by atoms with Crippen molar-refractivity contribution in [2.45, 2.75) is 25.3 Å². The second kappa shape index (κ2) is 11.7. The van der Waals surface area contributed by atoms with E-state index in [-0.39, 0.29) is 17.9 Å². The average molecular weight is 517 g/mol. The number of carbonyl (C=O) groups excluding carboxylic acids is 2. The summed E-state index contributed by atoms with van der Waals surface area (Å²) in [5.74, 6) is 0.155. The minimum atomic E-state index is 0.0676. The van der Waals surface area contributed by atoms with Gasteiger partial charge in [-0.3, -0.25) is 9.59 Å². The standard InChI is InChI=1S/C30H33ClN4O2/c31-24-10-12-26(13-11-24)33-18-20-35(21-19-33)30(37)27-8-4-5-9-28(27)34-16-14-25(15-17-34)32-29(36)22-23-6-2-1-3-7-23/h1-13,25H,14-22H2,(H,32,36). The highest BCUT2D eigenvalue weighted by Gasteiger charge is 2.27. The summed E-state index contributed by atoms with van der Waals surface area (Å²) in [4.78, 5) is 32.6. The number of benzene rings is 3. The number of nitrogens with zero attached hydrogens (tertiary/aromatic N) is 3. The van der Waals surface area contributed by atoms with Gasteiger partial charge in [0.1, 0.15) is 0 Å². The molecule has 0 atom stereocenters. The molecule has 192 valence electrons. The van der Waals surface area contributed by atoms with Crippen molar-refractivity contribution < 1.29 is 9.59 Å². The van der Waals surface area contributed by atoms with Crippen LogP contribution in [0.2, 0.25) is 5.02 Å². The lowest BCUT2D eigenvalue weighted by atomic mass is 10.0. The minimum Gasteiger partial charge on any atom is -0.371 e. The van der Waals surface area contributed by atoms with E-state index in [1.165, 1.54) is 0 Å². The second-order valence-electron chi connectivity index (χ2n) is 9.76. The van der Waals surface area contributed by atoms with Crippen LogP contribution in [0.15, 0.2) is 78.9 Å². The van der Waals surface area contributed by atoms with Gasteiger partial charge in [-0.25, -0.2) is 0 Å². The number of anilines is 2. The third-order valence-electron chi connectivity index (χ3n) is 7.30. The molecule has 0 radical (unpaired) electrons. The number of halogens is 1. The molecule has 3 aromatic carbocycles. The van der Waals surface area contributed by atoms with Gasteiger partial charge in [0.15, 0.2) is 0 Å². The van der Waals surface area contributed by atoms with Crippen LogP contribution < -0.4 is 15.1 Å². The van der Waals surface area contributed by atoms with Crippen LogP contribution in [0.25, 0.3) is 0 Å². The van der Waals surface area contributed by atoms with E-state index in [0.29, 0.717) is 19.5 Å². The van der Waals surface area contributed by atoms with Gasteiger partial charge in [-0.05, 0) is 54.8 Å². The van der Waals surface area contributed by atoms with Gasteiger partial charge < -0.3 is 20.0 Å². The number of piperidine rings is 1. The lowest BCUT2D eigenvalue weighted by Crippen LogP contribution is -2.49. The fourth-order valence-electron chi connectivity index (χ4n) is 5.24. The van der Waals surface area contributed by atoms with Crippen molar-refractivity contribution in [3.63, 3.8) is 0 Å². The first kappa shape index (κ1) is 25.2. The Hall–Kier alpha value is -3.51. The van der Waals surface area contributed by atoms with Gasteiger partial charge in [0.05, 0.1) is 12.0 Å². The predicted molar refractivity (Wildman–Crippen MR) is 150 cm³/mol. The number of rotatable bonds is 6. The molecular weight excluding hydrogens is 484 g/mol. The maximum atomic E-state index is 13.5. The second-order valence-corrected chi connectivity index (χ2v) is 10.2. The smallest absolute Gasteiger partial charge is 0.256 e. The predicted octanol–water partition coefficient (Wildman–Crippen LogP) is 4.63. The van der Waals surface area contributed by atoms with E-state index in [1.54, 1.807) is 0 Å². The van der Waals surface area contributed by atoms with Crippen molar-refractivity contribution in [3.05, 3.63) is 95.0 Å². The van der Waals surface area contributed by atoms with Crippen LogP contribution >= 0.6 is 11.6 Å². The Morgan fingerprint density at radius 3 is 2.11 bits per heavy atom. The number of amides is 2. The minimum absolute atomic E-state index is 0.0676. The van der Waals surface area contributed by atoms with Crippen LogP contribution in [0.3, 0.4) is 0 Å². The third kappa shape index (κ3) is 6.25. The zero-order valence-corrected chi connectivity index (χ0v) is 21.7. The number of hydrogen-bond acceptors (Lipinski definition) is 4. The quantitative estimate of drug-likeness (QED) is 0.519. The Labute approximate surface area is 223 Å². The van der Waals surface area contributed by atoms with Crippen molar-refractivity contribution in [1.82, 2.24) is 10.2 Å². The van der Waals surface area contributed by atoms with E-state index in [4.69, 9.17) is 11.6 Å². The lowest BCUT2D eigenvalue weighted by molar-refractivity contribution is -0.121. The molecule has 0 unspecified atom stereocenters. The molecule has 6 nitrogen and oxygen atoms in total. The molecule has 2 heterocycles. The maximum Gasteiger partial charge on any atom is 0.256 e. The van der Waals surface area contributed by atoms with E-state index in [0.717, 1.165) is 66.5 Å². The fraction of sp³-hybridized carbons (Fsp3) is 0.333. The van der Waals surface area contributed by atoms with Gasteiger partial charge in [-0.2, -0.15) is 0 Å². The Morgan fingerprint density at radius 2 is 1.41 bits per heavy atom. The Morgan fingerprint density at radius 1 is 0.757 bits per heavy atom. The molecule has 2 aliphatic rings. The molecular formula is C30H33ClN4O2. The van der Waals surface area contributed by atoms with E-state index < -0.39 is 0 Å². The van der Waals surface area contributed by atoms with E-state index in [2.05, 4.69) is 15.1 Å². The van der Waals surface area contributed by atoms with E-state index in [9.17, 15) is 9.59 Å². The van der Waals surface area contributed by atoms with E-state index in [1.807, 2.05) is 83.8 Å². The normalized spacial score (nSPS) is 16.5. The van der Waals surface area contributed by atoms with Gasteiger partial charge in [0.2, 0.25) is 5.91 Å². The molecule has 0 spiro atoms. The first-order valence-electron chi connectivity index (χ1n) is 13.0. The molecule has 37 heavy (non-hydrogen) atoms. The number of para-hydroxylation sites is 1. The monoisotopic (exact) mass is 516 g/mol. The topological polar surface area (TPSA) is 55.9 Å². The SMILES string of the molecule is O=C(Cc1ccccc1)NC1CCN(c2ccccc2C(=O)N2CCN(c3ccc(Cl)cc3)CC2)CC1. The Balaban J connectivity index is 1.16. The molecule has 0 aromatic heterocycles. The van der Waals surface area contributed by atoms with Gasteiger partial charge in [-0.15, -0.1) is 0 Å². The fourth-order valence-corrected chi connectivity index (χ4v) is 5.37. The first-order chi connectivity index (χ1) is 18.1. The summed E-state index contributed by atoms with van der Waals surface area (Å²) in [5.41, 5.74) is 3.91. The molecule has 7 heteroatoms. The Bertz CT molecular complexity index is 1200. The molecule has 2 amide bonds. The average Bonchev–Trinajstić information content (AvgIpc) is 2.94. The number of nitrogens with one attached hydrogen (secondary N) is 1. The Kier molecular flexibility index (Phi) is 7.95. The summed E-state index contributed by atoms with van der Waals surface area (Å²) in [7, 11) is 0. The van der Waals surface area contributed by atoms with Crippen LogP contribution in [0.4, 0.5) is 11.4 Å².